The van der Waals surface area contributed by atoms with Gasteiger partial charge in [0.05, 0.1) is 0 Å². The van der Waals surface area contributed by atoms with Gasteiger partial charge in [-0.25, -0.2) is 0 Å². The molecular formula is C18H20BrNO. The van der Waals surface area contributed by atoms with E-state index in [1.54, 1.807) is 0 Å². The van der Waals surface area contributed by atoms with E-state index in [9.17, 15) is 0 Å². The van der Waals surface area contributed by atoms with E-state index in [1.165, 1.54) is 11.1 Å². The van der Waals surface area contributed by atoms with Gasteiger partial charge in [-0.1, -0.05) is 53.2 Å². The molecule has 0 amide bonds. The van der Waals surface area contributed by atoms with Crippen LogP contribution in [0.4, 0.5) is 0 Å². The molecule has 3 heteroatoms. The summed E-state index contributed by atoms with van der Waals surface area (Å²) in [6, 6.07) is 17.4. The highest BCUT2D eigenvalue weighted by molar-refractivity contribution is 9.10. The summed E-state index contributed by atoms with van der Waals surface area (Å²) < 4.78 is 7.13. The normalized spacial score (nSPS) is 18.7. The van der Waals surface area contributed by atoms with Crippen LogP contribution in [-0.4, -0.2) is 17.5 Å². The van der Waals surface area contributed by atoms with Crippen molar-refractivity contribution in [2.45, 2.75) is 32.5 Å². The number of para-hydroxylation sites is 1. The van der Waals surface area contributed by atoms with E-state index >= 15 is 0 Å². The molecule has 1 heterocycles. The summed E-state index contributed by atoms with van der Waals surface area (Å²) in [6.07, 6.45) is 1.10. The number of benzene rings is 2. The Morgan fingerprint density at radius 1 is 1.19 bits per heavy atom. The van der Waals surface area contributed by atoms with E-state index < -0.39 is 0 Å². The minimum absolute atomic E-state index is 0.455. The van der Waals surface area contributed by atoms with E-state index in [0.29, 0.717) is 6.04 Å². The Labute approximate surface area is 134 Å². The zero-order valence-electron chi connectivity index (χ0n) is 12.3. The molecular weight excluding hydrogens is 326 g/mol. The first-order valence-corrected chi connectivity index (χ1v) is 8.24. The number of ether oxygens (including phenoxy) is 1. The number of nitrogens with zero attached hydrogens (tertiary/aromatic N) is 1. The number of halogens is 1. The van der Waals surface area contributed by atoms with E-state index in [2.05, 4.69) is 70.2 Å². The maximum atomic E-state index is 5.99. The summed E-state index contributed by atoms with van der Waals surface area (Å²) in [4.78, 5) is 2.52. The fourth-order valence-electron chi connectivity index (χ4n) is 2.85. The van der Waals surface area contributed by atoms with Gasteiger partial charge in [0.15, 0.2) is 0 Å². The van der Waals surface area contributed by atoms with Crippen LogP contribution in [0.5, 0.6) is 5.75 Å². The fourth-order valence-corrected chi connectivity index (χ4v) is 3.29. The maximum absolute atomic E-state index is 5.99. The Morgan fingerprint density at radius 2 is 2.05 bits per heavy atom. The van der Waals surface area contributed by atoms with Crippen LogP contribution in [0.25, 0.3) is 0 Å². The fraction of sp³-hybridized carbons (Fsp3) is 0.333. The van der Waals surface area contributed by atoms with Crippen molar-refractivity contribution < 1.29 is 4.74 Å². The van der Waals surface area contributed by atoms with Crippen molar-refractivity contribution in [3.05, 3.63) is 64.1 Å². The summed E-state index contributed by atoms with van der Waals surface area (Å²) in [5.74, 6) is 1.03. The minimum atomic E-state index is 0.455. The molecule has 0 bridgehead atoms. The summed E-state index contributed by atoms with van der Waals surface area (Å²) in [5, 5.41) is 0. The molecule has 0 fully saturated rings. The van der Waals surface area contributed by atoms with Gasteiger partial charge in [0.2, 0.25) is 0 Å². The summed E-state index contributed by atoms with van der Waals surface area (Å²) in [7, 11) is 0. The van der Waals surface area contributed by atoms with Gasteiger partial charge < -0.3 is 4.74 Å². The zero-order valence-corrected chi connectivity index (χ0v) is 13.8. The van der Waals surface area contributed by atoms with E-state index in [1.807, 2.05) is 6.07 Å². The van der Waals surface area contributed by atoms with Gasteiger partial charge in [-0.15, -0.1) is 0 Å². The molecule has 1 unspecified atom stereocenters. The number of rotatable bonds is 3. The standard InChI is InChI=1S/C18H20BrNO/c1-2-17-13-21-18-9-4-3-7-15(18)12-20(17)11-14-6-5-8-16(19)10-14/h3-10,17H,2,11-13H2,1H3. The van der Waals surface area contributed by atoms with Crippen LogP contribution in [0.2, 0.25) is 0 Å². The van der Waals surface area contributed by atoms with Crippen molar-refractivity contribution in [1.82, 2.24) is 4.90 Å². The first kappa shape index (κ1) is 14.6. The highest BCUT2D eigenvalue weighted by Crippen LogP contribution is 2.27. The lowest BCUT2D eigenvalue weighted by atomic mass is 10.1. The van der Waals surface area contributed by atoms with Gasteiger partial charge >= 0.3 is 0 Å². The molecule has 2 aromatic carbocycles. The predicted octanol–water partition coefficient (Wildman–Crippen LogP) is 4.62. The molecule has 0 saturated carbocycles. The second-order valence-electron chi connectivity index (χ2n) is 5.52. The highest BCUT2D eigenvalue weighted by atomic mass is 79.9. The summed E-state index contributed by atoms with van der Waals surface area (Å²) >= 11 is 3.56. The van der Waals surface area contributed by atoms with Gasteiger partial charge in [-0.05, 0) is 30.2 Å². The molecule has 2 aromatic rings. The van der Waals surface area contributed by atoms with Crippen molar-refractivity contribution in [1.29, 1.82) is 0 Å². The summed E-state index contributed by atoms with van der Waals surface area (Å²) in [6.45, 7) is 4.90. The second kappa shape index (κ2) is 6.63. The predicted molar refractivity (Wildman–Crippen MR) is 89.4 cm³/mol. The molecule has 1 atom stereocenters. The van der Waals surface area contributed by atoms with Gasteiger partial charge in [0, 0.05) is 29.2 Å². The van der Waals surface area contributed by atoms with Crippen LogP contribution >= 0.6 is 15.9 Å². The Bertz CT molecular complexity index is 614. The lowest BCUT2D eigenvalue weighted by Crippen LogP contribution is -2.36. The lowest BCUT2D eigenvalue weighted by molar-refractivity contribution is 0.135. The quantitative estimate of drug-likeness (QED) is 0.804. The third-order valence-electron chi connectivity index (χ3n) is 4.04. The van der Waals surface area contributed by atoms with E-state index in [-0.39, 0.29) is 0 Å². The molecule has 0 radical (unpaired) electrons. The number of fused-ring (bicyclic) bond motifs is 1. The topological polar surface area (TPSA) is 12.5 Å². The third-order valence-corrected chi connectivity index (χ3v) is 4.53. The van der Waals surface area contributed by atoms with Crippen LogP contribution in [0.3, 0.4) is 0 Å². The average Bonchev–Trinajstić information content (AvgIpc) is 2.66. The van der Waals surface area contributed by atoms with Crippen LogP contribution < -0.4 is 4.74 Å². The molecule has 3 rings (SSSR count). The van der Waals surface area contributed by atoms with Crippen molar-refractivity contribution in [2.24, 2.45) is 0 Å². The van der Waals surface area contributed by atoms with Gasteiger partial charge in [0.25, 0.3) is 0 Å². The largest absolute Gasteiger partial charge is 0.492 e. The summed E-state index contributed by atoms with van der Waals surface area (Å²) in [5.41, 5.74) is 2.62. The first-order chi connectivity index (χ1) is 10.3. The SMILES string of the molecule is CCC1COc2ccccc2CN1Cc1cccc(Br)c1. The molecule has 0 aromatic heterocycles. The second-order valence-corrected chi connectivity index (χ2v) is 6.43. The van der Waals surface area contributed by atoms with Gasteiger partial charge in [-0.2, -0.15) is 0 Å². The Kier molecular flexibility index (Phi) is 4.61. The maximum Gasteiger partial charge on any atom is 0.123 e. The van der Waals surface area contributed by atoms with Crippen LogP contribution in [-0.2, 0) is 13.1 Å². The van der Waals surface area contributed by atoms with Crippen molar-refractivity contribution in [3.8, 4) is 5.75 Å². The average molecular weight is 346 g/mol. The Morgan fingerprint density at radius 3 is 2.86 bits per heavy atom. The molecule has 0 saturated heterocycles. The smallest absolute Gasteiger partial charge is 0.123 e. The van der Waals surface area contributed by atoms with Gasteiger partial charge in [-0.3, -0.25) is 4.90 Å². The third kappa shape index (κ3) is 3.47. The monoisotopic (exact) mass is 345 g/mol. The van der Waals surface area contributed by atoms with Gasteiger partial charge in [0.1, 0.15) is 12.4 Å². The highest BCUT2D eigenvalue weighted by Gasteiger charge is 2.23. The minimum Gasteiger partial charge on any atom is -0.492 e. The number of hydrogen-bond acceptors (Lipinski definition) is 2. The molecule has 1 aliphatic rings. The van der Waals surface area contributed by atoms with Crippen molar-refractivity contribution >= 4 is 15.9 Å². The van der Waals surface area contributed by atoms with Crippen molar-refractivity contribution in [2.75, 3.05) is 6.61 Å². The molecule has 1 aliphatic heterocycles. The molecule has 0 N–H and O–H groups in total. The molecule has 2 nitrogen and oxygen atoms in total. The first-order valence-electron chi connectivity index (χ1n) is 7.45. The zero-order chi connectivity index (χ0) is 14.7. The number of hydrogen-bond donors (Lipinski definition) is 0. The van der Waals surface area contributed by atoms with Crippen molar-refractivity contribution in [3.63, 3.8) is 0 Å². The Balaban J connectivity index is 1.84. The molecule has 0 aliphatic carbocycles. The Hall–Kier alpha value is -1.32. The molecule has 21 heavy (non-hydrogen) atoms. The van der Waals surface area contributed by atoms with Crippen LogP contribution in [0.15, 0.2) is 53.0 Å². The van der Waals surface area contributed by atoms with Crippen LogP contribution in [0, 0.1) is 0 Å². The molecule has 0 spiro atoms. The lowest BCUT2D eigenvalue weighted by Gasteiger charge is -2.28. The van der Waals surface area contributed by atoms with Crippen LogP contribution in [0.1, 0.15) is 24.5 Å². The van der Waals surface area contributed by atoms with E-state index in [4.69, 9.17) is 4.74 Å². The van der Waals surface area contributed by atoms with E-state index in [0.717, 1.165) is 36.3 Å². The molecule has 110 valence electrons.